The monoisotopic (exact) mass is 360 g/mol. The lowest BCUT2D eigenvalue weighted by molar-refractivity contribution is 0.534. The molecule has 132 valence electrons. The first-order valence-electron chi connectivity index (χ1n) is 7.78. The molecule has 3 aromatic rings. The zero-order chi connectivity index (χ0) is 18.2. The minimum atomic E-state index is -3.67. The number of oxazole rings is 1. The molecule has 2 aromatic heterocycles. The Hall–Kier alpha value is -2.45. The first-order valence-corrected chi connectivity index (χ1v) is 9.27. The summed E-state index contributed by atoms with van der Waals surface area (Å²) in [4.78, 5) is 4.28. The Morgan fingerprint density at radius 3 is 2.56 bits per heavy atom. The molecule has 0 saturated carbocycles. The largest absolute Gasteiger partial charge is 0.441 e. The molecule has 0 aliphatic rings. The van der Waals surface area contributed by atoms with Gasteiger partial charge in [-0.2, -0.15) is 5.10 Å². The molecule has 0 aliphatic heterocycles. The van der Waals surface area contributed by atoms with Crippen LogP contribution in [0.5, 0.6) is 0 Å². The molecule has 0 saturated heterocycles. The van der Waals surface area contributed by atoms with Gasteiger partial charge in [0.1, 0.15) is 0 Å². The van der Waals surface area contributed by atoms with Gasteiger partial charge in [0.25, 0.3) is 0 Å². The fraction of sp³-hybridized carbons (Fsp3) is 0.294. The summed E-state index contributed by atoms with van der Waals surface area (Å²) in [5, 5.41) is 4.13. The Morgan fingerprint density at radius 1 is 1.20 bits per heavy atom. The van der Waals surface area contributed by atoms with Crippen LogP contribution >= 0.6 is 0 Å². The van der Waals surface area contributed by atoms with Gasteiger partial charge in [-0.3, -0.25) is 4.68 Å². The number of sulfonamides is 1. The molecule has 0 unspecified atom stereocenters. The van der Waals surface area contributed by atoms with Gasteiger partial charge in [-0.25, -0.2) is 18.1 Å². The van der Waals surface area contributed by atoms with Crippen LogP contribution in [0, 0.1) is 20.8 Å². The highest BCUT2D eigenvalue weighted by atomic mass is 32.2. The van der Waals surface area contributed by atoms with Crippen LogP contribution in [-0.4, -0.2) is 23.2 Å². The molecule has 1 N–H and O–H groups in total. The van der Waals surface area contributed by atoms with Gasteiger partial charge in [0.15, 0.2) is 11.7 Å². The molecule has 0 aliphatic carbocycles. The van der Waals surface area contributed by atoms with Gasteiger partial charge in [0, 0.05) is 37.3 Å². The number of benzene rings is 1. The van der Waals surface area contributed by atoms with E-state index in [2.05, 4.69) is 14.8 Å². The normalized spacial score (nSPS) is 11.8. The van der Waals surface area contributed by atoms with Crippen molar-refractivity contribution in [2.75, 3.05) is 0 Å². The lowest BCUT2D eigenvalue weighted by Crippen LogP contribution is -2.24. The van der Waals surface area contributed by atoms with E-state index in [0.29, 0.717) is 22.8 Å². The van der Waals surface area contributed by atoms with Crippen LogP contribution in [-0.2, 0) is 23.6 Å². The van der Waals surface area contributed by atoms with Crippen molar-refractivity contribution in [3.63, 3.8) is 0 Å². The fourth-order valence-electron chi connectivity index (χ4n) is 2.51. The van der Waals surface area contributed by atoms with E-state index in [9.17, 15) is 8.42 Å². The predicted molar refractivity (Wildman–Crippen MR) is 93.4 cm³/mol. The highest BCUT2D eigenvalue weighted by molar-refractivity contribution is 7.89. The van der Waals surface area contributed by atoms with Gasteiger partial charge in [-0.15, -0.1) is 0 Å². The molecule has 8 heteroatoms. The second-order valence-corrected chi connectivity index (χ2v) is 7.66. The third-order valence-electron chi connectivity index (χ3n) is 4.17. The SMILES string of the molecule is Cc1ncc(-c2ccc(C)c(S(=O)(=O)NCc3cnn(C)c3C)c2)o1. The number of aryl methyl sites for hydroxylation is 3. The van der Waals surface area contributed by atoms with Crippen LogP contribution in [0.25, 0.3) is 11.3 Å². The van der Waals surface area contributed by atoms with E-state index in [0.717, 1.165) is 11.3 Å². The molecular formula is C17H20N4O3S. The molecule has 25 heavy (non-hydrogen) atoms. The van der Waals surface area contributed by atoms with Crippen LogP contribution in [0.1, 0.15) is 22.7 Å². The van der Waals surface area contributed by atoms with Crippen molar-refractivity contribution < 1.29 is 12.8 Å². The molecule has 0 amide bonds. The molecule has 1 aromatic carbocycles. The lowest BCUT2D eigenvalue weighted by Gasteiger charge is -2.10. The molecule has 0 fully saturated rings. The van der Waals surface area contributed by atoms with Gasteiger partial charge in [0.05, 0.1) is 17.3 Å². The van der Waals surface area contributed by atoms with Gasteiger partial charge < -0.3 is 4.42 Å². The number of nitrogens with one attached hydrogen (secondary N) is 1. The summed E-state index contributed by atoms with van der Waals surface area (Å²) in [5.41, 5.74) is 3.09. The van der Waals surface area contributed by atoms with Crippen molar-refractivity contribution in [3.05, 3.63) is 53.3 Å². The van der Waals surface area contributed by atoms with Crippen molar-refractivity contribution in [3.8, 4) is 11.3 Å². The molecule has 0 radical (unpaired) electrons. The fourth-order valence-corrected chi connectivity index (χ4v) is 3.78. The molecular weight excluding hydrogens is 340 g/mol. The average molecular weight is 360 g/mol. The smallest absolute Gasteiger partial charge is 0.241 e. The van der Waals surface area contributed by atoms with Crippen molar-refractivity contribution >= 4 is 10.0 Å². The average Bonchev–Trinajstić information content (AvgIpc) is 3.13. The maximum atomic E-state index is 12.7. The van der Waals surface area contributed by atoms with Gasteiger partial charge >= 0.3 is 0 Å². The predicted octanol–water partition coefficient (Wildman–Crippen LogP) is 2.48. The maximum Gasteiger partial charge on any atom is 0.241 e. The maximum absolute atomic E-state index is 12.7. The summed E-state index contributed by atoms with van der Waals surface area (Å²) in [6.07, 6.45) is 3.25. The number of hydrogen-bond acceptors (Lipinski definition) is 5. The molecule has 0 bridgehead atoms. The van der Waals surface area contributed by atoms with E-state index in [1.165, 1.54) is 0 Å². The van der Waals surface area contributed by atoms with Gasteiger partial charge in [0.2, 0.25) is 10.0 Å². The summed E-state index contributed by atoms with van der Waals surface area (Å²) < 4.78 is 35.3. The van der Waals surface area contributed by atoms with Crippen molar-refractivity contribution in [1.29, 1.82) is 0 Å². The Bertz CT molecular complexity index is 1020. The minimum absolute atomic E-state index is 0.188. The Balaban J connectivity index is 1.89. The van der Waals surface area contributed by atoms with Crippen LogP contribution < -0.4 is 4.72 Å². The number of hydrogen-bond donors (Lipinski definition) is 1. The van der Waals surface area contributed by atoms with E-state index in [4.69, 9.17) is 4.42 Å². The summed E-state index contributed by atoms with van der Waals surface area (Å²) >= 11 is 0. The molecule has 0 spiro atoms. The molecule has 2 heterocycles. The standard InChI is InChI=1S/C17H20N4O3S/c1-11-5-6-14(16-10-18-13(3)24-16)7-17(11)25(22,23)20-9-15-8-19-21(4)12(15)2/h5-8,10,20H,9H2,1-4H3. The Labute approximate surface area is 146 Å². The number of aromatic nitrogens is 3. The first kappa shape index (κ1) is 17.4. The third kappa shape index (κ3) is 3.49. The van der Waals surface area contributed by atoms with E-state index in [-0.39, 0.29) is 11.4 Å². The van der Waals surface area contributed by atoms with Gasteiger partial charge in [-0.05, 0) is 25.5 Å². The van der Waals surface area contributed by atoms with Crippen molar-refractivity contribution in [2.24, 2.45) is 7.05 Å². The highest BCUT2D eigenvalue weighted by Crippen LogP contribution is 2.25. The van der Waals surface area contributed by atoms with Crippen LogP contribution in [0.2, 0.25) is 0 Å². The zero-order valence-corrected chi connectivity index (χ0v) is 15.4. The number of nitrogens with zero attached hydrogens (tertiary/aromatic N) is 3. The van der Waals surface area contributed by atoms with Crippen molar-refractivity contribution in [2.45, 2.75) is 32.2 Å². The molecule has 7 nitrogen and oxygen atoms in total. The van der Waals surface area contributed by atoms with E-state index >= 15 is 0 Å². The van der Waals surface area contributed by atoms with Crippen LogP contribution in [0.3, 0.4) is 0 Å². The topological polar surface area (TPSA) is 90.0 Å². The van der Waals surface area contributed by atoms with Crippen LogP contribution in [0.4, 0.5) is 0 Å². The second kappa shape index (κ2) is 6.45. The highest BCUT2D eigenvalue weighted by Gasteiger charge is 2.19. The zero-order valence-electron chi connectivity index (χ0n) is 14.6. The van der Waals surface area contributed by atoms with Crippen molar-refractivity contribution in [1.82, 2.24) is 19.5 Å². The van der Waals surface area contributed by atoms with Gasteiger partial charge in [-0.1, -0.05) is 12.1 Å². The van der Waals surface area contributed by atoms with E-state index in [1.807, 2.05) is 20.0 Å². The summed E-state index contributed by atoms with van der Waals surface area (Å²) in [6.45, 7) is 5.59. The first-order chi connectivity index (χ1) is 11.8. The summed E-state index contributed by atoms with van der Waals surface area (Å²) in [6, 6.07) is 5.18. The summed E-state index contributed by atoms with van der Waals surface area (Å²) in [7, 11) is -1.85. The Kier molecular flexibility index (Phi) is 4.49. The second-order valence-electron chi connectivity index (χ2n) is 5.93. The molecule has 3 rings (SSSR count). The van der Waals surface area contributed by atoms with Crippen LogP contribution in [0.15, 0.2) is 39.9 Å². The van der Waals surface area contributed by atoms with E-state index in [1.54, 1.807) is 43.1 Å². The quantitative estimate of drug-likeness (QED) is 0.755. The lowest BCUT2D eigenvalue weighted by atomic mass is 10.1. The van der Waals surface area contributed by atoms with E-state index < -0.39 is 10.0 Å². The number of rotatable bonds is 5. The Morgan fingerprint density at radius 2 is 1.96 bits per heavy atom. The molecule has 0 atom stereocenters. The third-order valence-corrected chi connectivity index (χ3v) is 5.72. The minimum Gasteiger partial charge on any atom is -0.441 e. The summed E-state index contributed by atoms with van der Waals surface area (Å²) in [5.74, 6) is 1.07.